The third-order valence-electron chi connectivity index (χ3n) is 4.17. The zero-order valence-corrected chi connectivity index (χ0v) is 14.3. The Kier molecular flexibility index (Phi) is 6.36. The first-order chi connectivity index (χ1) is 11.2. The highest BCUT2D eigenvalue weighted by Gasteiger charge is 2.18. The van der Waals surface area contributed by atoms with Crippen LogP contribution in [0, 0.1) is 6.92 Å². The van der Waals surface area contributed by atoms with Crippen LogP contribution >= 0.6 is 0 Å². The molecule has 2 aromatic carbocycles. The first-order valence-electron chi connectivity index (χ1n) is 8.29. The van der Waals surface area contributed by atoms with Crippen LogP contribution in [0.15, 0.2) is 54.6 Å². The molecule has 0 spiro atoms. The number of hydrogen-bond donors (Lipinski definition) is 1. The minimum atomic E-state index is -0.0122. The number of hydrogen-bond acceptors (Lipinski definition) is 2. The molecule has 0 saturated carbocycles. The maximum atomic E-state index is 12.4. The van der Waals surface area contributed by atoms with Crippen molar-refractivity contribution in [3.63, 3.8) is 0 Å². The Hall–Kier alpha value is -2.13. The van der Waals surface area contributed by atoms with Gasteiger partial charge in [-0.15, -0.1) is 0 Å². The molecule has 1 atom stereocenters. The van der Waals surface area contributed by atoms with E-state index in [0.717, 1.165) is 24.2 Å². The van der Waals surface area contributed by atoms with Gasteiger partial charge in [-0.1, -0.05) is 61.9 Å². The van der Waals surface area contributed by atoms with Crippen LogP contribution in [-0.2, 0) is 0 Å². The highest BCUT2D eigenvalue weighted by atomic mass is 16.1. The molecule has 2 rings (SSSR count). The van der Waals surface area contributed by atoms with Crippen molar-refractivity contribution in [1.29, 1.82) is 0 Å². The van der Waals surface area contributed by atoms with Gasteiger partial charge in [-0.05, 0) is 37.7 Å². The molecule has 0 saturated heterocycles. The largest absolute Gasteiger partial charge is 0.350 e. The summed E-state index contributed by atoms with van der Waals surface area (Å²) in [5.74, 6) is -0.0122. The molecule has 3 heteroatoms. The monoisotopic (exact) mass is 310 g/mol. The van der Waals surface area contributed by atoms with E-state index in [0.29, 0.717) is 6.54 Å². The van der Waals surface area contributed by atoms with Crippen molar-refractivity contribution in [1.82, 2.24) is 10.2 Å². The number of nitrogens with one attached hydrogen (secondary N) is 1. The maximum absolute atomic E-state index is 12.4. The van der Waals surface area contributed by atoms with E-state index in [1.165, 1.54) is 5.56 Å². The Morgan fingerprint density at radius 2 is 1.74 bits per heavy atom. The van der Waals surface area contributed by atoms with E-state index in [1.54, 1.807) is 0 Å². The normalized spacial score (nSPS) is 12.2. The van der Waals surface area contributed by atoms with E-state index in [1.807, 2.05) is 49.4 Å². The summed E-state index contributed by atoms with van der Waals surface area (Å²) in [6, 6.07) is 18.3. The van der Waals surface area contributed by atoms with Crippen LogP contribution in [0.25, 0.3) is 0 Å². The number of carbonyl (C=O) groups excluding carboxylic acids is 1. The number of amides is 1. The highest BCUT2D eigenvalue weighted by molar-refractivity contribution is 5.94. The molecule has 0 aliphatic rings. The second-order valence-electron chi connectivity index (χ2n) is 5.73. The van der Waals surface area contributed by atoms with Crippen molar-refractivity contribution in [2.24, 2.45) is 0 Å². The summed E-state index contributed by atoms with van der Waals surface area (Å²) in [4.78, 5) is 14.8. The highest BCUT2D eigenvalue weighted by Crippen LogP contribution is 2.19. The van der Waals surface area contributed by atoms with Gasteiger partial charge in [0.2, 0.25) is 0 Å². The molecule has 0 fully saturated rings. The molecule has 0 radical (unpaired) electrons. The smallest absolute Gasteiger partial charge is 0.251 e. The fraction of sp³-hybridized carbons (Fsp3) is 0.350. The van der Waals surface area contributed by atoms with Crippen LogP contribution in [0.2, 0.25) is 0 Å². The Morgan fingerprint density at radius 3 is 2.35 bits per heavy atom. The predicted octanol–water partition coefficient (Wildman–Crippen LogP) is 3.81. The fourth-order valence-electron chi connectivity index (χ4n) is 2.88. The number of rotatable bonds is 7. The SMILES string of the molecule is CCN(CC)[C@H](CNC(=O)c1cccc(C)c1)c1ccccc1. The molecule has 3 nitrogen and oxygen atoms in total. The van der Waals surface area contributed by atoms with E-state index < -0.39 is 0 Å². The molecule has 0 bridgehead atoms. The summed E-state index contributed by atoms with van der Waals surface area (Å²) in [5, 5.41) is 3.09. The van der Waals surface area contributed by atoms with Gasteiger partial charge in [-0.3, -0.25) is 9.69 Å². The van der Waals surface area contributed by atoms with Crippen LogP contribution in [-0.4, -0.2) is 30.4 Å². The molecule has 0 aromatic heterocycles. The molecular formula is C20H26N2O. The molecule has 0 aliphatic carbocycles. The minimum absolute atomic E-state index is 0.0122. The average molecular weight is 310 g/mol. The van der Waals surface area contributed by atoms with Crippen LogP contribution < -0.4 is 5.32 Å². The lowest BCUT2D eigenvalue weighted by Crippen LogP contribution is -2.38. The van der Waals surface area contributed by atoms with Crippen molar-refractivity contribution in [3.05, 3.63) is 71.3 Å². The molecule has 1 N–H and O–H groups in total. The van der Waals surface area contributed by atoms with Gasteiger partial charge < -0.3 is 5.32 Å². The van der Waals surface area contributed by atoms with Crippen molar-refractivity contribution in [2.75, 3.05) is 19.6 Å². The van der Waals surface area contributed by atoms with Crippen molar-refractivity contribution in [3.8, 4) is 0 Å². The lowest BCUT2D eigenvalue weighted by atomic mass is 10.0. The summed E-state index contributed by atoms with van der Waals surface area (Å²) in [6.07, 6.45) is 0. The lowest BCUT2D eigenvalue weighted by Gasteiger charge is -2.30. The van der Waals surface area contributed by atoms with Crippen molar-refractivity contribution in [2.45, 2.75) is 26.8 Å². The topological polar surface area (TPSA) is 32.3 Å². The van der Waals surface area contributed by atoms with Gasteiger partial charge in [-0.25, -0.2) is 0 Å². The van der Waals surface area contributed by atoms with Crippen molar-refractivity contribution < 1.29 is 4.79 Å². The first kappa shape index (κ1) is 17.2. The third kappa shape index (κ3) is 4.67. The van der Waals surface area contributed by atoms with E-state index in [9.17, 15) is 4.79 Å². The fourth-order valence-corrected chi connectivity index (χ4v) is 2.88. The van der Waals surface area contributed by atoms with E-state index in [-0.39, 0.29) is 11.9 Å². The molecule has 1 amide bonds. The van der Waals surface area contributed by atoms with Gasteiger partial charge in [0.05, 0.1) is 6.04 Å². The molecule has 0 aliphatic heterocycles. The molecule has 0 unspecified atom stereocenters. The Labute approximate surface area is 139 Å². The lowest BCUT2D eigenvalue weighted by molar-refractivity contribution is 0.0935. The number of aryl methyl sites for hydroxylation is 1. The van der Waals surface area contributed by atoms with Gasteiger partial charge in [0.25, 0.3) is 5.91 Å². The summed E-state index contributed by atoms with van der Waals surface area (Å²) < 4.78 is 0. The molecule has 0 heterocycles. The quantitative estimate of drug-likeness (QED) is 0.843. The predicted molar refractivity (Wildman–Crippen MR) is 95.6 cm³/mol. The maximum Gasteiger partial charge on any atom is 0.251 e. The Balaban J connectivity index is 2.10. The molecule has 122 valence electrons. The van der Waals surface area contributed by atoms with E-state index >= 15 is 0 Å². The van der Waals surface area contributed by atoms with Gasteiger partial charge in [0.1, 0.15) is 0 Å². The molecule has 2 aromatic rings. The number of nitrogens with zero attached hydrogens (tertiary/aromatic N) is 1. The third-order valence-corrected chi connectivity index (χ3v) is 4.17. The minimum Gasteiger partial charge on any atom is -0.350 e. The van der Waals surface area contributed by atoms with Crippen LogP contribution in [0.1, 0.15) is 41.4 Å². The van der Waals surface area contributed by atoms with E-state index in [4.69, 9.17) is 0 Å². The first-order valence-corrected chi connectivity index (χ1v) is 8.29. The zero-order chi connectivity index (χ0) is 16.7. The zero-order valence-electron chi connectivity index (χ0n) is 14.3. The summed E-state index contributed by atoms with van der Waals surface area (Å²) in [6.45, 7) is 8.83. The second kappa shape index (κ2) is 8.49. The number of carbonyl (C=O) groups is 1. The number of likely N-dealkylation sites (N-methyl/N-ethyl adjacent to an activating group) is 1. The average Bonchev–Trinajstić information content (AvgIpc) is 2.59. The molecular weight excluding hydrogens is 284 g/mol. The number of benzene rings is 2. The van der Waals surface area contributed by atoms with Gasteiger partial charge in [-0.2, -0.15) is 0 Å². The van der Waals surface area contributed by atoms with Gasteiger partial charge in [0.15, 0.2) is 0 Å². The van der Waals surface area contributed by atoms with Gasteiger partial charge >= 0.3 is 0 Å². The standard InChI is InChI=1S/C20H26N2O/c1-4-22(5-2)19(17-11-7-6-8-12-17)15-21-20(23)18-13-9-10-16(3)14-18/h6-14,19H,4-5,15H2,1-3H3,(H,21,23)/t19-/m1/s1. The summed E-state index contributed by atoms with van der Waals surface area (Å²) in [5.41, 5.74) is 3.05. The Bertz CT molecular complexity index is 621. The van der Waals surface area contributed by atoms with Crippen LogP contribution in [0.5, 0.6) is 0 Å². The molecule has 23 heavy (non-hydrogen) atoms. The second-order valence-corrected chi connectivity index (χ2v) is 5.73. The van der Waals surface area contributed by atoms with Gasteiger partial charge in [0, 0.05) is 12.1 Å². The van der Waals surface area contributed by atoms with Crippen LogP contribution in [0.3, 0.4) is 0 Å². The van der Waals surface area contributed by atoms with Crippen molar-refractivity contribution >= 4 is 5.91 Å². The van der Waals surface area contributed by atoms with E-state index in [2.05, 4.69) is 36.2 Å². The summed E-state index contributed by atoms with van der Waals surface area (Å²) >= 11 is 0. The van der Waals surface area contributed by atoms with Crippen LogP contribution in [0.4, 0.5) is 0 Å². The summed E-state index contributed by atoms with van der Waals surface area (Å²) in [7, 11) is 0. The Morgan fingerprint density at radius 1 is 1.04 bits per heavy atom.